The molecule has 0 spiro atoms. The molecular weight excluding hydrogens is 283 g/mol. The van der Waals surface area contributed by atoms with E-state index in [4.69, 9.17) is 28.9 Å². The number of aliphatic hydroxyl groups excluding tert-OH is 1. The third-order valence-corrected chi connectivity index (χ3v) is 3.46. The summed E-state index contributed by atoms with van der Waals surface area (Å²) in [5, 5.41) is 11.4. The van der Waals surface area contributed by atoms with Gasteiger partial charge in [0.05, 0.1) is 6.10 Å². The van der Waals surface area contributed by atoms with Crippen molar-refractivity contribution in [1.82, 2.24) is 4.98 Å². The quantitative estimate of drug-likeness (QED) is 0.910. The van der Waals surface area contributed by atoms with Gasteiger partial charge in [0.2, 0.25) is 0 Å². The smallest absolute Gasteiger partial charge is 0.129 e. The van der Waals surface area contributed by atoms with E-state index < -0.39 is 6.10 Å². The number of rotatable bonds is 3. The van der Waals surface area contributed by atoms with Gasteiger partial charge in [-0.15, -0.1) is 0 Å². The van der Waals surface area contributed by atoms with Gasteiger partial charge in [-0.05, 0) is 36.2 Å². The van der Waals surface area contributed by atoms with Crippen LogP contribution in [0.3, 0.4) is 0 Å². The molecule has 5 heteroatoms. The number of pyridine rings is 1. The van der Waals surface area contributed by atoms with Crippen LogP contribution in [-0.4, -0.2) is 10.1 Å². The van der Waals surface area contributed by atoms with Crippen molar-refractivity contribution >= 4 is 29.0 Å². The Morgan fingerprint density at radius 1 is 1.32 bits per heavy atom. The number of halogens is 2. The molecule has 100 valence electrons. The normalized spacial score (nSPS) is 12.4. The molecular formula is C14H14Cl2N2O. The van der Waals surface area contributed by atoms with Crippen molar-refractivity contribution in [3.8, 4) is 0 Å². The molecule has 0 saturated carbocycles. The maximum absolute atomic E-state index is 10.3. The van der Waals surface area contributed by atoms with Gasteiger partial charge >= 0.3 is 0 Å². The largest absolute Gasteiger partial charge is 0.388 e. The molecule has 0 radical (unpaired) electrons. The van der Waals surface area contributed by atoms with Gasteiger partial charge in [-0.1, -0.05) is 29.3 Å². The first kappa shape index (κ1) is 14.1. The number of hydrogen-bond acceptors (Lipinski definition) is 3. The number of aryl methyl sites for hydroxylation is 1. The summed E-state index contributed by atoms with van der Waals surface area (Å²) in [5.41, 5.74) is 8.17. The summed E-state index contributed by atoms with van der Waals surface area (Å²) >= 11 is 11.9. The lowest BCUT2D eigenvalue weighted by molar-refractivity contribution is 0.179. The summed E-state index contributed by atoms with van der Waals surface area (Å²) < 4.78 is 0. The van der Waals surface area contributed by atoms with Crippen LogP contribution in [0.15, 0.2) is 30.5 Å². The lowest BCUT2D eigenvalue weighted by atomic mass is 10.0. The molecule has 2 rings (SSSR count). The average molecular weight is 297 g/mol. The van der Waals surface area contributed by atoms with E-state index in [-0.39, 0.29) is 0 Å². The van der Waals surface area contributed by atoms with Crippen LogP contribution in [0.25, 0.3) is 0 Å². The van der Waals surface area contributed by atoms with Gasteiger partial charge in [0.25, 0.3) is 0 Å². The molecule has 0 saturated heterocycles. The summed E-state index contributed by atoms with van der Waals surface area (Å²) in [6.45, 7) is 1.90. The maximum atomic E-state index is 10.3. The van der Waals surface area contributed by atoms with Crippen molar-refractivity contribution in [3.63, 3.8) is 0 Å². The van der Waals surface area contributed by atoms with Gasteiger partial charge in [-0.25, -0.2) is 4.98 Å². The molecule has 2 aromatic rings. The Balaban J connectivity index is 2.25. The van der Waals surface area contributed by atoms with E-state index in [9.17, 15) is 5.11 Å². The third kappa shape index (κ3) is 3.38. The number of aromatic nitrogens is 1. The van der Waals surface area contributed by atoms with Crippen LogP contribution in [-0.2, 0) is 6.42 Å². The van der Waals surface area contributed by atoms with Crippen LogP contribution >= 0.6 is 23.2 Å². The number of hydrogen-bond donors (Lipinski definition) is 2. The van der Waals surface area contributed by atoms with E-state index >= 15 is 0 Å². The second-order valence-corrected chi connectivity index (χ2v) is 5.29. The van der Waals surface area contributed by atoms with E-state index in [0.29, 0.717) is 27.8 Å². The molecule has 0 bridgehead atoms. The first-order valence-corrected chi connectivity index (χ1v) is 6.57. The minimum atomic E-state index is -0.744. The highest BCUT2D eigenvalue weighted by molar-refractivity contribution is 6.35. The first-order chi connectivity index (χ1) is 8.97. The van der Waals surface area contributed by atoms with Crippen molar-refractivity contribution in [1.29, 1.82) is 0 Å². The summed E-state index contributed by atoms with van der Waals surface area (Å²) in [7, 11) is 0. The molecule has 0 aliphatic carbocycles. The number of nitrogen functional groups attached to an aromatic ring is 1. The van der Waals surface area contributed by atoms with E-state index in [1.807, 2.05) is 13.0 Å². The fraction of sp³-hybridized carbons (Fsp3) is 0.214. The zero-order valence-electron chi connectivity index (χ0n) is 10.4. The fourth-order valence-electron chi connectivity index (χ4n) is 1.87. The molecule has 1 heterocycles. The second kappa shape index (κ2) is 5.78. The Morgan fingerprint density at radius 2 is 2.05 bits per heavy atom. The number of benzene rings is 1. The van der Waals surface area contributed by atoms with Crippen LogP contribution in [0.5, 0.6) is 0 Å². The summed E-state index contributed by atoms with van der Waals surface area (Å²) in [5.74, 6) is 0.336. The molecule has 1 unspecified atom stereocenters. The van der Waals surface area contributed by atoms with Gasteiger partial charge in [-0.2, -0.15) is 0 Å². The number of aliphatic hydroxyl groups is 1. The SMILES string of the molecule is Cc1cnc(N)c(C(O)Cc2ccc(Cl)cc2Cl)c1. The van der Waals surface area contributed by atoms with Gasteiger partial charge < -0.3 is 10.8 Å². The molecule has 19 heavy (non-hydrogen) atoms. The summed E-state index contributed by atoms with van der Waals surface area (Å²) in [6.07, 6.45) is 1.29. The molecule has 0 fully saturated rings. The fourth-order valence-corrected chi connectivity index (χ4v) is 2.36. The first-order valence-electron chi connectivity index (χ1n) is 5.81. The highest BCUT2D eigenvalue weighted by atomic mass is 35.5. The van der Waals surface area contributed by atoms with Gasteiger partial charge in [0.1, 0.15) is 5.82 Å². The van der Waals surface area contributed by atoms with Gasteiger partial charge in [-0.3, -0.25) is 0 Å². The minimum absolute atomic E-state index is 0.336. The van der Waals surface area contributed by atoms with Gasteiger partial charge in [0, 0.05) is 28.2 Å². The van der Waals surface area contributed by atoms with Crippen LogP contribution in [0, 0.1) is 6.92 Å². The Hall–Kier alpha value is -1.29. The molecule has 1 aromatic carbocycles. The predicted octanol–water partition coefficient (Wildman–Crippen LogP) is 3.56. The van der Waals surface area contributed by atoms with E-state index in [1.165, 1.54) is 0 Å². The van der Waals surface area contributed by atoms with Crippen molar-refractivity contribution in [2.75, 3.05) is 5.73 Å². The Bertz CT molecular complexity index is 602. The molecule has 1 aromatic heterocycles. The average Bonchev–Trinajstić information content (AvgIpc) is 2.35. The predicted molar refractivity (Wildman–Crippen MR) is 78.5 cm³/mol. The zero-order chi connectivity index (χ0) is 14.0. The maximum Gasteiger partial charge on any atom is 0.129 e. The monoisotopic (exact) mass is 296 g/mol. The molecule has 3 nitrogen and oxygen atoms in total. The molecule has 1 atom stereocenters. The topological polar surface area (TPSA) is 59.1 Å². The highest BCUT2D eigenvalue weighted by Crippen LogP contribution is 2.28. The standard InChI is InChI=1S/C14H14Cl2N2O/c1-8-4-11(14(17)18-7-8)13(19)5-9-2-3-10(15)6-12(9)16/h2-4,6-7,13,19H,5H2,1H3,(H2,17,18). The minimum Gasteiger partial charge on any atom is -0.388 e. The second-order valence-electron chi connectivity index (χ2n) is 4.44. The lowest BCUT2D eigenvalue weighted by Gasteiger charge is -2.14. The molecule has 3 N–H and O–H groups in total. The van der Waals surface area contributed by atoms with Crippen LogP contribution in [0.4, 0.5) is 5.82 Å². The Kier molecular flexibility index (Phi) is 4.30. The Labute approximate surface area is 122 Å². The van der Waals surface area contributed by atoms with E-state index in [0.717, 1.165) is 11.1 Å². The van der Waals surface area contributed by atoms with Crippen molar-refractivity contribution < 1.29 is 5.11 Å². The van der Waals surface area contributed by atoms with Crippen LogP contribution in [0.2, 0.25) is 10.0 Å². The van der Waals surface area contributed by atoms with E-state index in [1.54, 1.807) is 24.4 Å². The zero-order valence-corrected chi connectivity index (χ0v) is 11.9. The van der Waals surface area contributed by atoms with Crippen molar-refractivity contribution in [2.45, 2.75) is 19.4 Å². The van der Waals surface area contributed by atoms with Crippen molar-refractivity contribution in [2.24, 2.45) is 0 Å². The molecule has 0 amide bonds. The van der Waals surface area contributed by atoms with Crippen LogP contribution in [0.1, 0.15) is 22.8 Å². The molecule has 0 aliphatic rings. The Morgan fingerprint density at radius 3 is 2.74 bits per heavy atom. The van der Waals surface area contributed by atoms with Crippen molar-refractivity contribution in [3.05, 3.63) is 57.2 Å². The summed E-state index contributed by atoms with van der Waals surface area (Å²) in [6, 6.07) is 7.03. The number of anilines is 1. The highest BCUT2D eigenvalue weighted by Gasteiger charge is 2.15. The number of nitrogens with zero attached hydrogens (tertiary/aromatic N) is 1. The number of nitrogens with two attached hydrogens (primary N) is 1. The van der Waals surface area contributed by atoms with Crippen LogP contribution < -0.4 is 5.73 Å². The van der Waals surface area contributed by atoms with E-state index in [2.05, 4.69) is 4.98 Å². The van der Waals surface area contributed by atoms with Gasteiger partial charge in [0.15, 0.2) is 0 Å². The summed E-state index contributed by atoms with van der Waals surface area (Å²) in [4.78, 5) is 4.04. The third-order valence-electron chi connectivity index (χ3n) is 2.87. The molecule has 0 aliphatic heterocycles. The lowest BCUT2D eigenvalue weighted by Crippen LogP contribution is -2.07.